The van der Waals surface area contributed by atoms with E-state index in [1.165, 1.54) is 31.1 Å². The topological polar surface area (TPSA) is 3.24 Å². The molecule has 0 saturated carbocycles. The highest BCUT2D eigenvalue weighted by atomic mass is 32.2. The minimum absolute atomic E-state index is 0.836. The van der Waals surface area contributed by atoms with Crippen molar-refractivity contribution in [2.45, 2.75) is 13.8 Å². The van der Waals surface area contributed by atoms with Crippen molar-refractivity contribution < 1.29 is 0 Å². The maximum atomic E-state index is 2.57. The molecule has 0 aromatic carbocycles. The third-order valence-corrected chi connectivity index (χ3v) is 2.67. The molecule has 0 N–H and O–H groups in total. The van der Waals surface area contributed by atoms with Crippen molar-refractivity contribution in [1.29, 1.82) is 0 Å². The van der Waals surface area contributed by atoms with Crippen LogP contribution < -0.4 is 0 Å². The molecule has 1 aliphatic heterocycles. The predicted octanol–water partition coefficient (Wildman–Crippen LogP) is 1.69. The maximum Gasteiger partial charge on any atom is 0.00728 e. The van der Waals surface area contributed by atoms with E-state index < -0.39 is 0 Å². The minimum Gasteiger partial charge on any atom is -0.301 e. The smallest absolute Gasteiger partial charge is 0.00728 e. The van der Waals surface area contributed by atoms with Crippen LogP contribution in [-0.2, 0) is 0 Å². The lowest BCUT2D eigenvalue weighted by molar-refractivity contribution is 0.268. The van der Waals surface area contributed by atoms with Gasteiger partial charge in [-0.25, -0.2) is 0 Å². The van der Waals surface area contributed by atoms with Gasteiger partial charge in [0.2, 0.25) is 0 Å². The molecule has 0 radical (unpaired) electrons. The highest BCUT2D eigenvalue weighted by Gasteiger charge is 2.10. The Bertz CT molecular complexity index is 87.3. The van der Waals surface area contributed by atoms with Crippen molar-refractivity contribution >= 4 is 11.8 Å². The molecule has 1 nitrogen and oxygen atoms in total. The van der Waals surface area contributed by atoms with Crippen LogP contribution in [0, 0.1) is 5.92 Å². The normalized spacial score (nSPS) is 21.9. The van der Waals surface area contributed by atoms with Crippen LogP contribution in [0.5, 0.6) is 0 Å². The van der Waals surface area contributed by atoms with Gasteiger partial charge in [-0.05, 0) is 5.92 Å². The first kappa shape index (κ1) is 8.41. The summed E-state index contributed by atoms with van der Waals surface area (Å²) in [6, 6.07) is 0. The van der Waals surface area contributed by atoms with Crippen LogP contribution in [-0.4, -0.2) is 36.0 Å². The van der Waals surface area contributed by atoms with E-state index in [0.29, 0.717) is 0 Å². The Balaban J connectivity index is 2.13. The molecule has 0 amide bonds. The van der Waals surface area contributed by atoms with E-state index in [1.54, 1.807) is 0 Å². The molecule has 0 bridgehead atoms. The van der Waals surface area contributed by atoms with Gasteiger partial charge >= 0.3 is 0 Å². The Hall–Kier alpha value is 0.310. The standard InChI is InChI=1S/C8H17NS/c1-8(2)7-9-3-5-10-6-4-9/h8H,3-7H2,1-2H3. The summed E-state index contributed by atoms with van der Waals surface area (Å²) in [6.45, 7) is 8.50. The summed E-state index contributed by atoms with van der Waals surface area (Å²) in [7, 11) is 0. The molecule has 0 atom stereocenters. The van der Waals surface area contributed by atoms with Crippen molar-refractivity contribution in [3.63, 3.8) is 0 Å². The zero-order valence-corrected chi connectivity index (χ0v) is 7.78. The zero-order valence-electron chi connectivity index (χ0n) is 6.97. The van der Waals surface area contributed by atoms with E-state index in [2.05, 4.69) is 30.5 Å². The molecule has 2 heteroatoms. The molecular formula is C8H17NS. The van der Waals surface area contributed by atoms with Gasteiger partial charge in [0.05, 0.1) is 0 Å². The molecule has 60 valence electrons. The Morgan fingerprint density at radius 1 is 1.30 bits per heavy atom. The molecule has 1 aliphatic rings. The second-order valence-electron chi connectivity index (χ2n) is 3.31. The SMILES string of the molecule is CC(C)CN1CCSCC1. The number of nitrogens with zero attached hydrogens (tertiary/aromatic N) is 1. The lowest BCUT2D eigenvalue weighted by atomic mass is 10.2. The van der Waals surface area contributed by atoms with Crippen LogP contribution in [0.15, 0.2) is 0 Å². The highest BCUT2D eigenvalue weighted by Crippen LogP contribution is 2.10. The van der Waals surface area contributed by atoms with E-state index in [4.69, 9.17) is 0 Å². The monoisotopic (exact) mass is 159 g/mol. The highest BCUT2D eigenvalue weighted by molar-refractivity contribution is 7.99. The van der Waals surface area contributed by atoms with E-state index in [0.717, 1.165) is 5.92 Å². The second-order valence-corrected chi connectivity index (χ2v) is 4.53. The molecule has 0 aliphatic carbocycles. The van der Waals surface area contributed by atoms with Crippen LogP contribution in [0.3, 0.4) is 0 Å². The van der Waals surface area contributed by atoms with Gasteiger partial charge in [-0.2, -0.15) is 11.8 Å². The third-order valence-electron chi connectivity index (χ3n) is 1.73. The molecule has 1 heterocycles. The van der Waals surface area contributed by atoms with E-state index in [-0.39, 0.29) is 0 Å². The fraction of sp³-hybridized carbons (Fsp3) is 1.00. The fourth-order valence-electron chi connectivity index (χ4n) is 1.30. The summed E-state index contributed by atoms with van der Waals surface area (Å²) in [5.74, 6) is 3.52. The number of hydrogen-bond donors (Lipinski definition) is 0. The minimum atomic E-state index is 0.836. The van der Waals surface area contributed by atoms with Gasteiger partial charge in [0.1, 0.15) is 0 Å². The van der Waals surface area contributed by atoms with Crippen molar-refractivity contribution in [2.24, 2.45) is 5.92 Å². The van der Waals surface area contributed by atoms with Gasteiger partial charge in [-0.1, -0.05) is 13.8 Å². The fourth-order valence-corrected chi connectivity index (χ4v) is 2.28. The third kappa shape index (κ3) is 2.93. The van der Waals surface area contributed by atoms with Gasteiger partial charge < -0.3 is 4.90 Å². The molecule has 0 spiro atoms. The van der Waals surface area contributed by atoms with Gasteiger partial charge in [0.25, 0.3) is 0 Å². The van der Waals surface area contributed by atoms with Crippen molar-refractivity contribution in [3.05, 3.63) is 0 Å². The molecule has 0 unspecified atom stereocenters. The van der Waals surface area contributed by atoms with Gasteiger partial charge in [-0.3, -0.25) is 0 Å². The quantitative estimate of drug-likeness (QED) is 0.603. The zero-order chi connectivity index (χ0) is 7.40. The summed E-state index contributed by atoms with van der Waals surface area (Å²) in [4.78, 5) is 2.57. The average molecular weight is 159 g/mol. The summed E-state index contributed by atoms with van der Waals surface area (Å²) in [6.07, 6.45) is 0. The van der Waals surface area contributed by atoms with Gasteiger partial charge in [0.15, 0.2) is 0 Å². The predicted molar refractivity (Wildman–Crippen MR) is 48.6 cm³/mol. The first-order valence-electron chi connectivity index (χ1n) is 4.09. The van der Waals surface area contributed by atoms with Crippen LogP contribution in [0.4, 0.5) is 0 Å². The largest absolute Gasteiger partial charge is 0.301 e. The van der Waals surface area contributed by atoms with E-state index >= 15 is 0 Å². The number of hydrogen-bond acceptors (Lipinski definition) is 2. The second kappa shape index (κ2) is 4.24. The molecule has 10 heavy (non-hydrogen) atoms. The molecular weight excluding hydrogens is 142 g/mol. The maximum absolute atomic E-state index is 2.57. The average Bonchev–Trinajstić information content (AvgIpc) is 1.88. The Labute approximate surface area is 68.2 Å². The summed E-state index contributed by atoms with van der Waals surface area (Å²) >= 11 is 2.08. The lowest BCUT2D eigenvalue weighted by Crippen LogP contribution is -2.35. The Morgan fingerprint density at radius 2 is 1.90 bits per heavy atom. The van der Waals surface area contributed by atoms with E-state index in [9.17, 15) is 0 Å². The first-order chi connectivity index (χ1) is 4.79. The number of rotatable bonds is 2. The summed E-state index contributed by atoms with van der Waals surface area (Å²) < 4.78 is 0. The van der Waals surface area contributed by atoms with Crippen molar-refractivity contribution in [2.75, 3.05) is 31.1 Å². The van der Waals surface area contributed by atoms with Crippen molar-refractivity contribution in [3.8, 4) is 0 Å². The van der Waals surface area contributed by atoms with Crippen LogP contribution >= 0.6 is 11.8 Å². The lowest BCUT2D eigenvalue weighted by Gasteiger charge is -2.27. The number of thioether (sulfide) groups is 1. The Kier molecular flexibility index (Phi) is 3.57. The van der Waals surface area contributed by atoms with E-state index in [1.807, 2.05) is 0 Å². The summed E-state index contributed by atoms with van der Waals surface area (Å²) in [5.41, 5.74) is 0. The molecule has 1 fully saturated rings. The molecule has 0 aromatic heterocycles. The van der Waals surface area contributed by atoms with Crippen molar-refractivity contribution in [1.82, 2.24) is 4.90 Å². The summed E-state index contributed by atoms with van der Waals surface area (Å²) in [5, 5.41) is 0. The molecule has 1 saturated heterocycles. The van der Waals surface area contributed by atoms with Crippen LogP contribution in [0.2, 0.25) is 0 Å². The molecule has 0 aromatic rings. The first-order valence-corrected chi connectivity index (χ1v) is 5.24. The van der Waals surface area contributed by atoms with Crippen LogP contribution in [0.1, 0.15) is 13.8 Å². The van der Waals surface area contributed by atoms with Gasteiger partial charge in [-0.15, -0.1) is 0 Å². The van der Waals surface area contributed by atoms with Crippen LogP contribution in [0.25, 0.3) is 0 Å². The Morgan fingerprint density at radius 3 is 2.40 bits per heavy atom. The van der Waals surface area contributed by atoms with Gasteiger partial charge in [0, 0.05) is 31.1 Å². The molecule has 1 rings (SSSR count).